The first-order valence-corrected chi connectivity index (χ1v) is 4.42. The summed E-state index contributed by atoms with van der Waals surface area (Å²) in [5, 5.41) is 8.53. The molecule has 0 saturated heterocycles. The minimum Gasteiger partial charge on any atom is -0.280 e. The van der Waals surface area contributed by atoms with Gasteiger partial charge in [-0.15, -0.1) is 0 Å². The van der Waals surface area contributed by atoms with Crippen LogP contribution < -0.4 is 0 Å². The fourth-order valence-corrected chi connectivity index (χ4v) is 1.49. The zero-order chi connectivity index (χ0) is 8.55. The molecule has 0 saturated carbocycles. The Morgan fingerprint density at radius 1 is 1.42 bits per heavy atom. The maximum absolute atomic E-state index is 4.36. The number of benzene rings is 1. The van der Waals surface area contributed by atoms with Crippen LogP contribution in [-0.2, 0) is 0 Å². The molecule has 62 valence electrons. The van der Waals surface area contributed by atoms with E-state index in [1.165, 1.54) is 5.39 Å². The second-order valence-corrected chi connectivity index (χ2v) is 3.61. The molecule has 3 heteroatoms. The van der Waals surface area contributed by atoms with Crippen LogP contribution in [0.4, 0.5) is 0 Å². The van der Waals surface area contributed by atoms with E-state index in [1.807, 2.05) is 25.1 Å². The van der Waals surface area contributed by atoms with E-state index < -0.39 is 0 Å². The van der Waals surface area contributed by atoms with Crippen molar-refractivity contribution in [3.8, 4) is 0 Å². The molecule has 1 heterocycles. The Morgan fingerprint density at radius 2 is 2.17 bits per heavy atom. The van der Waals surface area contributed by atoms with E-state index in [4.69, 9.17) is 0 Å². The van der Waals surface area contributed by atoms with Gasteiger partial charge in [0.1, 0.15) is 0 Å². The molecular weight excluding hydrogens is 168 g/mol. The lowest BCUT2D eigenvalue weighted by molar-refractivity contribution is 0.975. The number of fused-ring (bicyclic) bond motifs is 1. The highest BCUT2D eigenvalue weighted by atomic mass is 32.1. The van der Waals surface area contributed by atoms with E-state index in [2.05, 4.69) is 28.9 Å². The van der Waals surface area contributed by atoms with Gasteiger partial charge in [-0.3, -0.25) is 5.10 Å². The van der Waals surface area contributed by atoms with Gasteiger partial charge in [0.05, 0.1) is 11.2 Å². The standard InChI is InChI=1S/C9H10N2S/c1-6(12)9-7-4-2-3-5-8(7)10-11-9/h2-6,12H,1H3,(H,10,11). The van der Waals surface area contributed by atoms with E-state index >= 15 is 0 Å². The van der Waals surface area contributed by atoms with E-state index in [1.54, 1.807) is 0 Å². The number of hydrogen-bond donors (Lipinski definition) is 2. The van der Waals surface area contributed by atoms with Gasteiger partial charge in [-0.2, -0.15) is 17.7 Å². The van der Waals surface area contributed by atoms with Crippen molar-refractivity contribution in [2.75, 3.05) is 0 Å². The molecule has 0 radical (unpaired) electrons. The zero-order valence-corrected chi connectivity index (χ0v) is 7.68. The van der Waals surface area contributed by atoms with Crippen molar-refractivity contribution in [3.63, 3.8) is 0 Å². The third kappa shape index (κ3) is 1.10. The average molecular weight is 178 g/mol. The monoisotopic (exact) mass is 178 g/mol. The van der Waals surface area contributed by atoms with Crippen molar-refractivity contribution in [2.45, 2.75) is 12.2 Å². The smallest absolute Gasteiger partial charge is 0.0924 e. The van der Waals surface area contributed by atoms with Crippen molar-refractivity contribution >= 4 is 23.5 Å². The molecule has 1 aromatic heterocycles. The molecule has 12 heavy (non-hydrogen) atoms. The SMILES string of the molecule is CC(S)c1[nH]nc2ccccc12. The van der Waals surface area contributed by atoms with Gasteiger partial charge in [-0.05, 0) is 13.0 Å². The topological polar surface area (TPSA) is 28.7 Å². The van der Waals surface area contributed by atoms with Gasteiger partial charge in [-0.25, -0.2) is 0 Å². The Hall–Kier alpha value is -0.960. The predicted octanol–water partition coefficient (Wildman–Crippen LogP) is 2.55. The molecule has 0 bridgehead atoms. The number of aromatic amines is 1. The lowest BCUT2D eigenvalue weighted by atomic mass is 10.2. The van der Waals surface area contributed by atoms with Crippen LogP contribution in [0.1, 0.15) is 17.9 Å². The Morgan fingerprint density at radius 3 is 2.92 bits per heavy atom. The summed E-state index contributed by atoms with van der Waals surface area (Å²) in [5.41, 5.74) is 2.10. The lowest BCUT2D eigenvalue weighted by Gasteiger charge is -1.99. The van der Waals surface area contributed by atoms with Crippen LogP contribution in [0.25, 0.3) is 10.9 Å². The van der Waals surface area contributed by atoms with Gasteiger partial charge in [0.2, 0.25) is 0 Å². The number of H-pyrrole nitrogens is 1. The van der Waals surface area contributed by atoms with Crippen LogP contribution in [-0.4, -0.2) is 10.2 Å². The quantitative estimate of drug-likeness (QED) is 0.645. The first-order chi connectivity index (χ1) is 5.79. The Kier molecular flexibility index (Phi) is 1.81. The molecule has 0 spiro atoms. The van der Waals surface area contributed by atoms with E-state index in [0.29, 0.717) is 0 Å². The zero-order valence-electron chi connectivity index (χ0n) is 6.78. The van der Waals surface area contributed by atoms with E-state index in [-0.39, 0.29) is 5.25 Å². The first-order valence-electron chi connectivity index (χ1n) is 3.90. The van der Waals surface area contributed by atoms with Gasteiger partial charge >= 0.3 is 0 Å². The number of rotatable bonds is 1. The fourth-order valence-electron chi connectivity index (χ4n) is 1.30. The number of nitrogens with one attached hydrogen (secondary N) is 1. The minimum atomic E-state index is 0.206. The summed E-state index contributed by atoms with van der Waals surface area (Å²) in [7, 11) is 0. The molecular formula is C9H10N2S. The normalized spacial score (nSPS) is 13.5. The van der Waals surface area contributed by atoms with Crippen molar-refractivity contribution < 1.29 is 0 Å². The van der Waals surface area contributed by atoms with Crippen LogP contribution in [0.2, 0.25) is 0 Å². The van der Waals surface area contributed by atoms with Gasteiger partial charge in [-0.1, -0.05) is 18.2 Å². The molecule has 0 aliphatic rings. The molecule has 1 aromatic carbocycles. The van der Waals surface area contributed by atoms with E-state index in [0.717, 1.165) is 11.2 Å². The molecule has 2 nitrogen and oxygen atoms in total. The molecule has 1 unspecified atom stereocenters. The molecule has 2 rings (SSSR count). The molecule has 0 amide bonds. The first kappa shape index (κ1) is 7.68. The lowest BCUT2D eigenvalue weighted by Crippen LogP contribution is -1.84. The van der Waals surface area contributed by atoms with Crippen LogP contribution in [0, 0.1) is 0 Å². The van der Waals surface area contributed by atoms with Crippen LogP contribution in [0.3, 0.4) is 0 Å². The second-order valence-electron chi connectivity index (χ2n) is 2.83. The van der Waals surface area contributed by atoms with E-state index in [9.17, 15) is 0 Å². The second kappa shape index (κ2) is 2.83. The van der Waals surface area contributed by atoms with Crippen LogP contribution in [0.15, 0.2) is 24.3 Å². The van der Waals surface area contributed by atoms with Crippen LogP contribution in [0.5, 0.6) is 0 Å². The summed E-state index contributed by atoms with van der Waals surface area (Å²) in [4.78, 5) is 0. The Balaban J connectivity index is 2.70. The molecule has 0 fully saturated rings. The maximum Gasteiger partial charge on any atom is 0.0924 e. The predicted molar refractivity (Wildman–Crippen MR) is 53.5 cm³/mol. The summed E-state index contributed by atoms with van der Waals surface area (Å²) < 4.78 is 0. The minimum absolute atomic E-state index is 0.206. The van der Waals surface area contributed by atoms with Gasteiger partial charge in [0.15, 0.2) is 0 Å². The number of nitrogens with zero attached hydrogens (tertiary/aromatic N) is 1. The molecule has 1 N–H and O–H groups in total. The number of aromatic nitrogens is 2. The highest BCUT2D eigenvalue weighted by Crippen LogP contribution is 2.24. The molecule has 0 aliphatic carbocycles. The molecule has 0 aliphatic heterocycles. The maximum atomic E-state index is 4.36. The number of para-hydroxylation sites is 1. The third-order valence-corrected chi connectivity index (χ3v) is 2.17. The summed E-state index contributed by atoms with van der Waals surface area (Å²) >= 11 is 4.36. The number of hydrogen-bond acceptors (Lipinski definition) is 2. The summed E-state index contributed by atoms with van der Waals surface area (Å²) in [6.45, 7) is 2.03. The fraction of sp³-hybridized carbons (Fsp3) is 0.222. The number of thiol groups is 1. The van der Waals surface area contributed by atoms with Gasteiger partial charge < -0.3 is 0 Å². The molecule has 1 atom stereocenters. The largest absolute Gasteiger partial charge is 0.280 e. The van der Waals surface area contributed by atoms with Crippen molar-refractivity contribution in [1.29, 1.82) is 0 Å². The van der Waals surface area contributed by atoms with Gasteiger partial charge in [0.25, 0.3) is 0 Å². The summed E-state index contributed by atoms with van der Waals surface area (Å²) in [6, 6.07) is 8.04. The average Bonchev–Trinajstić information content (AvgIpc) is 2.47. The Bertz CT molecular complexity index is 392. The highest BCUT2D eigenvalue weighted by molar-refractivity contribution is 7.80. The van der Waals surface area contributed by atoms with Crippen molar-refractivity contribution in [2.24, 2.45) is 0 Å². The summed E-state index contributed by atoms with van der Waals surface area (Å²) in [6.07, 6.45) is 0. The van der Waals surface area contributed by atoms with Crippen LogP contribution >= 0.6 is 12.6 Å². The molecule has 2 aromatic rings. The van der Waals surface area contributed by atoms with Crippen molar-refractivity contribution in [3.05, 3.63) is 30.0 Å². The highest BCUT2D eigenvalue weighted by Gasteiger charge is 2.07. The third-order valence-electron chi connectivity index (χ3n) is 1.91. The Labute approximate surface area is 76.4 Å². The van der Waals surface area contributed by atoms with Gasteiger partial charge in [0, 0.05) is 10.6 Å². The van der Waals surface area contributed by atoms with Crippen molar-refractivity contribution in [1.82, 2.24) is 10.2 Å². The summed E-state index contributed by atoms with van der Waals surface area (Å²) in [5.74, 6) is 0.